The number of nitrogens with zero attached hydrogens (tertiary/aromatic N) is 5. The van der Waals surface area contributed by atoms with Crippen molar-refractivity contribution in [2.24, 2.45) is 5.92 Å². The van der Waals surface area contributed by atoms with Gasteiger partial charge in [-0.3, -0.25) is 25.6 Å². The van der Waals surface area contributed by atoms with Gasteiger partial charge in [-0.05, 0) is 24.6 Å². The molecule has 0 aliphatic carbocycles. The fraction of sp³-hybridized carbons (Fsp3) is 0.421. The lowest BCUT2D eigenvalue weighted by atomic mass is 10.0. The Labute approximate surface area is 169 Å². The van der Waals surface area contributed by atoms with E-state index in [9.17, 15) is 14.8 Å². The number of rotatable bonds is 12. The van der Waals surface area contributed by atoms with Crippen LogP contribution in [0.5, 0.6) is 0 Å². The third-order valence-corrected chi connectivity index (χ3v) is 4.33. The number of carbonyl (C=O) groups is 2. The molecule has 10 heteroatoms. The molecule has 2 rings (SSSR count). The second-order valence-corrected chi connectivity index (χ2v) is 6.52. The molecule has 0 spiro atoms. The molecule has 0 fully saturated rings. The maximum Gasteiger partial charge on any atom is 0.243 e. The Balaban J connectivity index is 1.99. The van der Waals surface area contributed by atoms with E-state index >= 15 is 0 Å². The largest absolute Gasteiger partial charge is 0.314 e. The van der Waals surface area contributed by atoms with Crippen molar-refractivity contribution in [2.75, 3.05) is 23.9 Å². The van der Waals surface area contributed by atoms with E-state index in [0.29, 0.717) is 23.1 Å². The topological polar surface area (TPSA) is 124 Å². The Hall–Kier alpha value is -3.27. The number of unbranched alkanes of at least 4 members (excludes halogenated alkanes) is 2. The number of anilines is 3. The van der Waals surface area contributed by atoms with Crippen molar-refractivity contribution in [2.45, 2.75) is 32.6 Å². The molecule has 2 amide bonds. The van der Waals surface area contributed by atoms with Gasteiger partial charge >= 0.3 is 0 Å². The predicted molar refractivity (Wildman–Crippen MR) is 108 cm³/mol. The molecule has 2 aromatic rings. The zero-order valence-corrected chi connectivity index (χ0v) is 16.7. The van der Waals surface area contributed by atoms with E-state index < -0.39 is 5.92 Å². The Bertz CT molecular complexity index is 775. The maximum absolute atomic E-state index is 12.5. The molecule has 0 bridgehead atoms. The van der Waals surface area contributed by atoms with E-state index in [1.54, 1.807) is 23.4 Å². The summed E-state index contributed by atoms with van der Waals surface area (Å²) in [6.45, 7) is 1.98. The van der Waals surface area contributed by atoms with Gasteiger partial charge in [-0.15, -0.1) is 0 Å². The molecule has 0 saturated heterocycles. The van der Waals surface area contributed by atoms with E-state index in [4.69, 9.17) is 0 Å². The highest BCUT2D eigenvalue weighted by Crippen LogP contribution is 2.19. The smallest absolute Gasteiger partial charge is 0.243 e. The summed E-state index contributed by atoms with van der Waals surface area (Å²) in [5.74, 6) is 0.617. The zero-order valence-electron chi connectivity index (χ0n) is 16.7. The third-order valence-electron chi connectivity index (χ3n) is 4.33. The third kappa shape index (κ3) is 7.00. The first-order chi connectivity index (χ1) is 14.0. The van der Waals surface area contributed by atoms with Crippen molar-refractivity contribution >= 4 is 29.9 Å². The molecule has 156 valence electrons. The highest BCUT2D eigenvalue weighted by molar-refractivity contribution is 5.80. The Kier molecular flexibility index (Phi) is 8.77. The Morgan fingerprint density at radius 2 is 2.03 bits per heavy atom. The molecular weight excluding hydrogens is 374 g/mol. The molecule has 0 aliphatic rings. The summed E-state index contributed by atoms with van der Waals surface area (Å²) in [5.41, 5.74) is 5.26. The monoisotopic (exact) mass is 401 g/mol. The van der Waals surface area contributed by atoms with Crippen LogP contribution in [-0.4, -0.2) is 51.1 Å². The minimum absolute atomic E-state index is 0.0793. The normalized spacial score (nSPS) is 11.4. The lowest BCUT2D eigenvalue weighted by Gasteiger charge is -2.20. The second-order valence-electron chi connectivity index (χ2n) is 6.52. The summed E-state index contributed by atoms with van der Waals surface area (Å²) in [4.78, 5) is 37.7. The van der Waals surface area contributed by atoms with Crippen LogP contribution >= 0.6 is 0 Å². The van der Waals surface area contributed by atoms with Gasteiger partial charge in [0, 0.05) is 19.4 Å². The van der Waals surface area contributed by atoms with Crippen LogP contribution in [0.4, 0.5) is 17.6 Å². The minimum atomic E-state index is -0.552. The van der Waals surface area contributed by atoms with Gasteiger partial charge in [-0.2, -0.15) is 4.98 Å². The number of amides is 2. The average molecular weight is 401 g/mol. The summed E-state index contributed by atoms with van der Waals surface area (Å²) in [5, 5.41) is 9.93. The number of hydrogen-bond donors (Lipinski definition) is 3. The summed E-state index contributed by atoms with van der Waals surface area (Å²) in [6.07, 6.45) is 6.89. The number of aromatic nitrogens is 3. The molecule has 0 aliphatic heterocycles. The lowest BCUT2D eigenvalue weighted by molar-refractivity contribution is -0.154. The van der Waals surface area contributed by atoms with Crippen molar-refractivity contribution in [1.82, 2.24) is 25.4 Å². The molecule has 0 radical (unpaired) electrons. The summed E-state index contributed by atoms with van der Waals surface area (Å²) in [7, 11) is 1.83. The number of hydrogen-bond acceptors (Lipinski definition) is 8. The number of hydrazine groups is 1. The number of hydroxylamine groups is 2. The highest BCUT2D eigenvalue weighted by Gasteiger charge is 2.21. The molecule has 3 N–H and O–H groups in total. The van der Waals surface area contributed by atoms with Crippen molar-refractivity contribution in [3.05, 3.63) is 36.7 Å². The van der Waals surface area contributed by atoms with Gasteiger partial charge in [0.1, 0.15) is 11.6 Å². The molecule has 0 aromatic carbocycles. The lowest BCUT2D eigenvalue weighted by Crippen LogP contribution is -2.40. The first-order valence-electron chi connectivity index (χ1n) is 9.49. The maximum atomic E-state index is 12.5. The molecule has 1 atom stereocenters. The van der Waals surface area contributed by atoms with Crippen molar-refractivity contribution in [3.63, 3.8) is 0 Å². The number of carbonyl (C=O) groups excluding carboxylic acids is 2. The van der Waals surface area contributed by atoms with Crippen LogP contribution in [0.25, 0.3) is 0 Å². The first kappa shape index (κ1) is 22.0. The standard InChI is InChI=1S/C19H27N7O3/c1-3-4-5-8-15(13-26(29)14-27)18(28)23-24-19-21-12-10-17(22-19)25(2)16-9-6-7-11-20-16/h6-7,9-12,14-15,29H,3-5,8,13H2,1-2H3,(H,23,28)(H,21,22,24)/t15-/m1/s1. The van der Waals surface area contributed by atoms with Crippen LogP contribution in [0.2, 0.25) is 0 Å². The first-order valence-corrected chi connectivity index (χ1v) is 9.49. The van der Waals surface area contributed by atoms with Gasteiger partial charge in [0.2, 0.25) is 18.3 Å². The van der Waals surface area contributed by atoms with Crippen LogP contribution in [0.1, 0.15) is 32.6 Å². The van der Waals surface area contributed by atoms with E-state index in [1.165, 1.54) is 0 Å². The van der Waals surface area contributed by atoms with E-state index in [1.807, 2.05) is 25.2 Å². The van der Waals surface area contributed by atoms with Crippen LogP contribution < -0.4 is 15.8 Å². The fourth-order valence-corrected chi connectivity index (χ4v) is 2.70. The molecule has 10 nitrogen and oxygen atoms in total. The average Bonchev–Trinajstić information content (AvgIpc) is 2.77. The van der Waals surface area contributed by atoms with Crippen molar-refractivity contribution < 1.29 is 14.8 Å². The molecule has 29 heavy (non-hydrogen) atoms. The van der Waals surface area contributed by atoms with Gasteiger partial charge in [-0.25, -0.2) is 15.0 Å². The molecule has 0 saturated carbocycles. The summed E-state index contributed by atoms with van der Waals surface area (Å²) in [6, 6.07) is 7.28. The number of pyridine rings is 1. The molecule has 0 unspecified atom stereocenters. The molecular formula is C19H27N7O3. The summed E-state index contributed by atoms with van der Waals surface area (Å²) < 4.78 is 0. The van der Waals surface area contributed by atoms with Crippen LogP contribution in [0.3, 0.4) is 0 Å². The van der Waals surface area contributed by atoms with Gasteiger partial charge in [0.15, 0.2) is 0 Å². The SMILES string of the molecule is CCCCC[C@H](CN(O)C=O)C(=O)NNc1nccc(N(C)c2ccccn2)n1. The van der Waals surface area contributed by atoms with E-state index in [-0.39, 0.29) is 24.8 Å². The fourth-order valence-electron chi connectivity index (χ4n) is 2.70. The van der Waals surface area contributed by atoms with E-state index in [0.717, 1.165) is 19.3 Å². The van der Waals surface area contributed by atoms with Gasteiger partial charge in [0.05, 0.1) is 12.5 Å². The predicted octanol–water partition coefficient (Wildman–Crippen LogP) is 2.13. The highest BCUT2D eigenvalue weighted by atomic mass is 16.5. The molecule has 2 heterocycles. The Morgan fingerprint density at radius 1 is 1.21 bits per heavy atom. The number of nitrogens with one attached hydrogen (secondary N) is 2. The summed E-state index contributed by atoms with van der Waals surface area (Å²) >= 11 is 0. The minimum Gasteiger partial charge on any atom is -0.314 e. The van der Waals surface area contributed by atoms with Crippen molar-refractivity contribution in [3.8, 4) is 0 Å². The van der Waals surface area contributed by atoms with Crippen LogP contribution in [0.15, 0.2) is 36.7 Å². The second kappa shape index (κ2) is 11.5. The zero-order chi connectivity index (χ0) is 21.1. The van der Waals surface area contributed by atoms with E-state index in [2.05, 4.69) is 32.7 Å². The van der Waals surface area contributed by atoms with Crippen LogP contribution in [0, 0.1) is 5.92 Å². The van der Waals surface area contributed by atoms with Gasteiger partial charge < -0.3 is 4.90 Å². The van der Waals surface area contributed by atoms with Crippen LogP contribution in [-0.2, 0) is 9.59 Å². The van der Waals surface area contributed by atoms with Gasteiger partial charge in [0.25, 0.3) is 0 Å². The quantitative estimate of drug-likeness (QED) is 0.214. The molecule has 2 aromatic heterocycles. The van der Waals surface area contributed by atoms with Crippen molar-refractivity contribution in [1.29, 1.82) is 0 Å². The van der Waals surface area contributed by atoms with Gasteiger partial charge in [-0.1, -0.05) is 32.3 Å². The Morgan fingerprint density at radius 3 is 2.72 bits per heavy atom.